The van der Waals surface area contributed by atoms with Crippen molar-refractivity contribution in [1.29, 1.82) is 0 Å². The molecule has 7 nitrogen and oxygen atoms in total. The maximum absolute atomic E-state index is 12.9. The monoisotopic (exact) mass is 387 g/mol. The third-order valence-corrected chi connectivity index (χ3v) is 5.54. The molecule has 1 aromatic carbocycles. The largest absolute Gasteiger partial charge is 0.353 e. The second kappa shape index (κ2) is 6.88. The van der Waals surface area contributed by atoms with Gasteiger partial charge in [0.15, 0.2) is 11.2 Å². The average Bonchev–Trinajstić information content (AvgIpc) is 3.29. The highest BCUT2D eigenvalue weighted by Gasteiger charge is 2.22. The van der Waals surface area contributed by atoms with Gasteiger partial charge >= 0.3 is 5.69 Å². The van der Waals surface area contributed by atoms with Gasteiger partial charge in [-0.3, -0.25) is 18.5 Å². The fourth-order valence-corrected chi connectivity index (χ4v) is 3.86. The second-order valence-corrected chi connectivity index (χ2v) is 7.59. The van der Waals surface area contributed by atoms with E-state index in [1.165, 1.54) is 24.5 Å². The van der Waals surface area contributed by atoms with Gasteiger partial charge in [-0.25, -0.2) is 4.79 Å². The Kier molecular flexibility index (Phi) is 4.55. The molecule has 1 saturated carbocycles. The lowest BCUT2D eigenvalue weighted by Gasteiger charge is -2.15. The van der Waals surface area contributed by atoms with Crippen LogP contribution in [0.1, 0.15) is 31.2 Å². The first-order chi connectivity index (χ1) is 13.0. The Labute approximate surface area is 161 Å². The minimum atomic E-state index is -0.379. The third-order valence-electron chi connectivity index (χ3n) is 5.29. The van der Waals surface area contributed by atoms with Gasteiger partial charge in [0.1, 0.15) is 0 Å². The van der Waals surface area contributed by atoms with Crippen molar-refractivity contribution in [2.45, 2.75) is 38.3 Å². The van der Waals surface area contributed by atoms with Crippen molar-refractivity contribution < 1.29 is 0 Å². The molecule has 1 aliphatic rings. The summed E-state index contributed by atoms with van der Waals surface area (Å²) >= 11 is 5.99. The second-order valence-electron chi connectivity index (χ2n) is 7.15. The van der Waals surface area contributed by atoms with Gasteiger partial charge in [0.25, 0.3) is 5.56 Å². The quantitative estimate of drug-likeness (QED) is 0.746. The molecule has 142 valence electrons. The molecule has 2 heterocycles. The van der Waals surface area contributed by atoms with Crippen molar-refractivity contribution in [2.24, 2.45) is 14.1 Å². The molecule has 4 rings (SSSR count). The topological polar surface area (TPSA) is 73.8 Å². The van der Waals surface area contributed by atoms with Gasteiger partial charge in [-0.1, -0.05) is 36.6 Å². The maximum Gasteiger partial charge on any atom is 0.332 e. The van der Waals surface area contributed by atoms with Crippen LogP contribution in [0.5, 0.6) is 0 Å². The molecule has 3 aromatic rings. The lowest BCUT2D eigenvalue weighted by Crippen LogP contribution is -2.37. The Hall–Kier alpha value is -2.54. The zero-order chi connectivity index (χ0) is 19.1. The van der Waals surface area contributed by atoms with E-state index in [9.17, 15) is 9.59 Å². The molecule has 0 unspecified atom stereocenters. The fourth-order valence-electron chi connectivity index (χ4n) is 3.74. The Morgan fingerprint density at radius 1 is 1.11 bits per heavy atom. The van der Waals surface area contributed by atoms with Crippen LogP contribution < -0.4 is 16.6 Å². The van der Waals surface area contributed by atoms with E-state index in [-0.39, 0.29) is 11.2 Å². The number of fused-ring (bicyclic) bond motifs is 1. The molecule has 27 heavy (non-hydrogen) atoms. The lowest BCUT2D eigenvalue weighted by molar-refractivity contribution is 0.700. The molecular formula is C19H22ClN5O2. The van der Waals surface area contributed by atoms with Crippen molar-refractivity contribution in [3.05, 3.63) is 55.7 Å². The van der Waals surface area contributed by atoms with Gasteiger partial charge < -0.3 is 5.32 Å². The smallest absolute Gasteiger partial charge is 0.332 e. The summed E-state index contributed by atoms with van der Waals surface area (Å²) in [6.07, 6.45) is 4.55. The van der Waals surface area contributed by atoms with Crippen LogP contribution in [0.2, 0.25) is 5.02 Å². The van der Waals surface area contributed by atoms with E-state index in [0.717, 1.165) is 23.0 Å². The molecule has 0 aliphatic heterocycles. The molecule has 8 heteroatoms. The third kappa shape index (κ3) is 3.16. The van der Waals surface area contributed by atoms with Gasteiger partial charge in [-0.15, -0.1) is 0 Å². The molecule has 0 bridgehead atoms. The van der Waals surface area contributed by atoms with E-state index < -0.39 is 0 Å². The number of hydrogen-bond donors (Lipinski definition) is 1. The van der Waals surface area contributed by atoms with E-state index in [1.807, 2.05) is 28.8 Å². The molecular weight excluding hydrogens is 366 g/mol. The number of rotatable bonds is 4. The van der Waals surface area contributed by atoms with E-state index in [0.29, 0.717) is 34.7 Å². The van der Waals surface area contributed by atoms with Crippen LogP contribution in [0.25, 0.3) is 11.2 Å². The Balaban J connectivity index is 1.90. The predicted octanol–water partition coefficient (Wildman–Crippen LogP) is 2.49. The first-order valence-corrected chi connectivity index (χ1v) is 9.50. The molecule has 1 N–H and O–H groups in total. The van der Waals surface area contributed by atoms with Crippen molar-refractivity contribution in [1.82, 2.24) is 18.7 Å². The van der Waals surface area contributed by atoms with E-state index in [1.54, 1.807) is 7.05 Å². The number of anilines is 1. The highest BCUT2D eigenvalue weighted by molar-refractivity contribution is 6.30. The van der Waals surface area contributed by atoms with Crippen LogP contribution in [-0.4, -0.2) is 24.7 Å². The SMILES string of the molecule is Cn1c(=O)c2c(nc(NC3CCCC3)n2Cc2ccc(Cl)cc2)n(C)c1=O. The first kappa shape index (κ1) is 17.9. The predicted molar refractivity (Wildman–Crippen MR) is 107 cm³/mol. The van der Waals surface area contributed by atoms with Crippen molar-refractivity contribution in [3.63, 3.8) is 0 Å². The van der Waals surface area contributed by atoms with Crippen molar-refractivity contribution >= 4 is 28.7 Å². The summed E-state index contributed by atoms with van der Waals surface area (Å²) in [5, 5.41) is 4.15. The summed E-state index contributed by atoms with van der Waals surface area (Å²) in [5.41, 5.74) is 1.11. The molecule has 2 aromatic heterocycles. The van der Waals surface area contributed by atoms with Crippen LogP contribution in [0, 0.1) is 0 Å². The molecule has 0 radical (unpaired) electrons. The molecule has 0 atom stereocenters. The Morgan fingerprint density at radius 3 is 2.44 bits per heavy atom. The number of nitrogens with zero attached hydrogens (tertiary/aromatic N) is 4. The van der Waals surface area contributed by atoms with Crippen molar-refractivity contribution in [2.75, 3.05) is 5.32 Å². The molecule has 0 amide bonds. The fraction of sp³-hybridized carbons (Fsp3) is 0.421. The van der Waals surface area contributed by atoms with Crippen LogP contribution in [0.3, 0.4) is 0 Å². The standard InChI is InChI=1S/C19H22ClN5O2/c1-23-16-15(17(26)24(2)19(23)27)25(11-12-7-9-13(20)10-8-12)18(22-16)21-14-5-3-4-6-14/h7-10,14H,3-6,11H2,1-2H3,(H,21,22). The number of hydrogen-bond acceptors (Lipinski definition) is 4. The van der Waals surface area contributed by atoms with Crippen LogP contribution >= 0.6 is 11.6 Å². The van der Waals surface area contributed by atoms with E-state index >= 15 is 0 Å². The number of nitrogens with one attached hydrogen (secondary N) is 1. The zero-order valence-electron chi connectivity index (χ0n) is 15.4. The Bertz CT molecular complexity index is 1100. The number of aromatic nitrogens is 4. The summed E-state index contributed by atoms with van der Waals surface area (Å²) in [5.74, 6) is 0.630. The van der Waals surface area contributed by atoms with Crippen LogP contribution in [-0.2, 0) is 20.6 Å². The van der Waals surface area contributed by atoms with Crippen LogP contribution in [0.4, 0.5) is 5.95 Å². The minimum Gasteiger partial charge on any atom is -0.353 e. The first-order valence-electron chi connectivity index (χ1n) is 9.13. The number of benzene rings is 1. The summed E-state index contributed by atoms with van der Waals surface area (Å²) in [7, 11) is 3.14. The summed E-state index contributed by atoms with van der Waals surface area (Å²) in [6.45, 7) is 0.468. The van der Waals surface area contributed by atoms with Crippen molar-refractivity contribution in [3.8, 4) is 0 Å². The molecule has 1 aliphatic carbocycles. The maximum atomic E-state index is 12.9. The average molecular weight is 388 g/mol. The normalized spacial score (nSPS) is 14.9. The van der Waals surface area contributed by atoms with E-state index in [2.05, 4.69) is 10.3 Å². The summed E-state index contributed by atoms with van der Waals surface area (Å²) < 4.78 is 4.43. The summed E-state index contributed by atoms with van der Waals surface area (Å²) in [4.78, 5) is 29.8. The molecule has 0 saturated heterocycles. The van der Waals surface area contributed by atoms with Gasteiger partial charge in [0, 0.05) is 25.2 Å². The summed E-state index contributed by atoms with van der Waals surface area (Å²) in [6, 6.07) is 7.86. The highest BCUT2D eigenvalue weighted by Crippen LogP contribution is 2.24. The Morgan fingerprint density at radius 2 is 1.78 bits per heavy atom. The van der Waals surface area contributed by atoms with Gasteiger partial charge in [-0.05, 0) is 30.5 Å². The van der Waals surface area contributed by atoms with Gasteiger partial charge in [0.05, 0.1) is 6.54 Å². The molecule has 0 spiro atoms. The highest BCUT2D eigenvalue weighted by atomic mass is 35.5. The molecule has 1 fully saturated rings. The minimum absolute atomic E-state index is 0.339. The van der Waals surface area contributed by atoms with Crippen LogP contribution in [0.15, 0.2) is 33.9 Å². The zero-order valence-corrected chi connectivity index (χ0v) is 16.2. The lowest BCUT2D eigenvalue weighted by atomic mass is 10.2. The number of halogens is 1. The number of imidazole rings is 1. The van der Waals surface area contributed by atoms with Gasteiger partial charge in [0.2, 0.25) is 5.95 Å². The number of aryl methyl sites for hydroxylation is 1. The van der Waals surface area contributed by atoms with Gasteiger partial charge in [-0.2, -0.15) is 4.98 Å². The van der Waals surface area contributed by atoms with E-state index in [4.69, 9.17) is 11.6 Å².